The SMILES string of the molecule is CCC(=O)C(=O)N(Cc1ccc(Cl)cc1)C1C=C(C(=O)NCCO)C2c3cc(C=O)cc(OC)c3OC2C1O. The third-order valence-electron chi connectivity index (χ3n) is 6.86. The largest absolute Gasteiger partial charge is 0.493 e. The number of carbonyl (C=O) groups excluding carboxylic acids is 4. The van der Waals surface area contributed by atoms with Crippen LogP contribution in [0.2, 0.25) is 5.02 Å². The molecule has 1 heterocycles. The summed E-state index contributed by atoms with van der Waals surface area (Å²) in [6.07, 6.45) is -0.365. The molecule has 0 spiro atoms. The molecule has 4 rings (SSSR count). The van der Waals surface area contributed by atoms with E-state index in [1.54, 1.807) is 37.3 Å². The lowest BCUT2D eigenvalue weighted by atomic mass is 9.77. The summed E-state index contributed by atoms with van der Waals surface area (Å²) in [5.74, 6) is -2.34. The second-order valence-corrected chi connectivity index (χ2v) is 9.67. The van der Waals surface area contributed by atoms with Gasteiger partial charge in [-0.25, -0.2) is 0 Å². The Balaban J connectivity index is 1.84. The number of fused-ring (bicyclic) bond motifs is 3. The molecule has 0 saturated carbocycles. The molecular formula is C28H29ClN2O8. The highest BCUT2D eigenvalue weighted by Gasteiger charge is 2.51. The third kappa shape index (κ3) is 5.54. The van der Waals surface area contributed by atoms with E-state index in [4.69, 9.17) is 21.1 Å². The molecule has 2 aromatic carbocycles. The van der Waals surface area contributed by atoms with Gasteiger partial charge in [-0.2, -0.15) is 0 Å². The van der Waals surface area contributed by atoms with Crippen molar-refractivity contribution in [2.45, 2.75) is 44.1 Å². The zero-order valence-electron chi connectivity index (χ0n) is 21.4. The van der Waals surface area contributed by atoms with Gasteiger partial charge < -0.3 is 29.9 Å². The van der Waals surface area contributed by atoms with Gasteiger partial charge in [0.25, 0.3) is 5.91 Å². The third-order valence-corrected chi connectivity index (χ3v) is 7.11. The van der Waals surface area contributed by atoms with Gasteiger partial charge in [0.1, 0.15) is 18.5 Å². The maximum atomic E-state index is 13.3. The summed E-state index contributed by atoms with van der Waals surface area (Å²) in [7, 11) is 1.41. The van der Waals surface area contributed by atoms with E-state index in [1.165, 1.54) is 24.2 Å². The molecule has 206 valence electrons. The molecule has 2 aromatic rings. The fraction of sp³-hybridized carbons (Fsp3) is 0.357. The molecule has 4 atom stereocenters. The molecule has 0 bridgehead atoms. The molecule has 0 saturated heterocycles. The van der Waals surface area contributed by atoms with Gasteiger partial charge in [0.15, 0.2) is 11.5 Å². The quantitative estimate of drug-likeness (QED) is 0.297. The second kappa shape index (κ2) is 12.0. The van der Waals surface area contributed by atoms with Crippen molar-refractivity contribution < 1.29 is 38.9 Å². The lowest BCUT2D eigenvalue weighted by molar-refractivity contribution is -0.148. The minimum Gasteiger partial charge on any atom is -0.493 e. The summed E-state index contributed by atoms with van der Waals surface area (Å²) < 4.78 is 11.6. The van der Waals surface area contributed by atoms with Crippen molar-refractivity contribution in [3.05, 3.63) is 69.8 Å². The number of methoxy groups -OCH3 is 1. The molecule has 0 radical (unpaired) electrons. The van der Waals surface area contributed by atoms with Crippen LogP contribution in [0.1, 0.15) is 40.7 Å². The van der Waals surface area contributed by atoms with E-state index in [-0.39, 0.29) is 48.8 Å². The molecule has 1 aliphatic heterocycles. The topological polar surface area (TPSA) is 142 Å². The number of carbonyl (C=O) groups is 4. The number of hydrogen-bond donors (Lipinski definition) is 3. The smallest absolute Gasteiger partial charge is 0.290 e. The van der Waals surface area contributed by atoms with Crippen LogP contribution >= 0.6 is 11.6 Å². The number of ketones is 1. The number of Topliss-reactive ketones (excluding diaryl/α,β-unsaturated/α-hetero) is 1. The zero-order valence-corrected chi connectivity index (χ0v) is 22.2. The predicted molar refractivity (Wildman–Crippen MR) is 141 cm³/mol. The summed E-state index contributed by atoms with van der Waals surface area (Å²) >= 11 is 6.01. The van der Waals surface area contributed by atoms with Gasteiger partial charge in [-0.15, -0.1) is 0 Å². The number of aliphatic hydroxyl groups is 2. The van der Waals surface area contributed by atoms with Crippen LogP contribution in [0, 0.1) is 0 Å². The molecule has 39 heavy (non-hydrogen) atoms. The summed E-state index contributed by atoms with van der Waals surface area (Å²) in [5, 5.41) is 24.0. The van der Waals surface area contributed by atoms with Crippen LogP contribution in [0.3, 0.4) is 0 Å². The number of benzene rings is 2. The predicted octanol–water partition coefficient (Wildman–Crippen LogP) is 1.79. The Morgan fingerprint density at radius 3 is 2.54 bits per heavy atom. The Bertz CT molecular complexity index is 1310. The van der Waals surface area contributed by atoms with Crippen molar-refractivity contribution in [3.8, 4) is 11.5 Å². The van der Waals surface area contributed by atoms with Crippen LogP contribution in [0.15, 0.2) is 48.0 Å². The molecule has 2 amide bonds. The molecule has 10 nitrogen and oxygen atoms in total. The van der Waals surface area contributed by atoms with Gasteiger partial charge in [0.2, 0.25) is 11.7 Å². The van der Waals surface area contributed by atoms with Gasteiger partial charge in [0.05, 0.1) is 25.7 Å². The zero-order chi connectivity index (χ0) is 28.3. The first-order valence-corrected chi connectivity index (χ1v) is 12.8. The number of hydrogen-bond acceptors (Lipinski definition) is 8. The lowest BCUT2D eigenvalue weighted by Gasteiger charge is -2.40. The first-order valence-electron chi connectivity index (χ1n) is 12.4. The van der Waals surface area contributed by atoms with Gasteiger partial charge in [-0.05, 0) is 35.9 Å². The Kier molecular flexibility index (Phi) is 8.69. The van der Waals surface area contributed by atoms with Gasteiger partial charge >= 0.3 is 0 Å². The van der Waals surface area contributed by atoms with Crippen LogP contribution in [0.4, 0.5) is 0 Å². The molecule has 3 N–H and O–H groups in total. The maximum Gasteiger partial charge on any atom is 0.290 e. The minimum atomic E-state index is -1.36. The van der Waals surface area contributed by atoms with Crippen molar-refractivity contribution in [2.24, 2.45) is 0 Å². The molecule has 4 unspecified atom stereocenters. The van der Waals surface area contributed by atoms with Gasteiger partial charge in [-0.1, -0.05) is 30.7 Å². The average molecular weight is 557 g/mol. The number of aldehydes is 1. The molecule has 0 fully saturated rings. The van der Waals surface area contributed by atoms with Crippen molar-refractivity contribution in [1.29, 1.82) is 0 Å². The second-order valence-electron chi connectivity index (χ2n) is 9.24. The first kappa shape index (κ1) is 28.3. The number of nitrogens with zero attached hydrogens (tertiary/aromatic N) is 1. The van der Waals surface area contributed by atoms with Gasteiger partial charge in [-0.3, -0.25) is 19.2 Å². The van der Waals surface area contributed by atoms with Crippen molar-refractivity contribution in [3.63, 3.8) is 0 Å². The van der Waals surface area contributed by atoms with Crippen LogP contribution < -0.4 is 14.8 Å². The first-order chi connectivity index (χ1) is 18.7. The lowest BCUT2D eigenvalue weighted by Crippen LogP contribution is -2.56. The number of rotatable bonds is 10. The molecule has 0 aromatic heterocycles. The summed E-state index contributed by atoms with van der Waals surface area (Å²) in [6.45, 7) is 1.18. The van der Waals surface area contributed by atoms with E-state index in [0.29, 0.717) is 22.4 Å². The van der Waals surface area contributed by atoms with Crippen molar-refractivity contribution in [1.82, 2.24) is 10.2 Å². The van der Waals surface area contributed by atoms with E-state index < -0.39 is 41.8 Å². The van der Waals surface area contributed by atoms with E-state index in [2.05, 4.69) is 5.32 Å². The highest BCUT2D eigenvalue weighted by Crippen LogP contribution is 2.51. The van der Waals surface area contributed by atoms with E-state index in [1.807, 2.05) is 0 Å². The van der Waals surface area contributed by atoms with Crippen molar-refractivity contribution >= 4 is 35.5 Å². The standard InChI is InChI=1S/C28H29ClN2O8/c1-3-21(34)28(37)31(13-15-4-6-17(29)7-5-15)20-12-19(27(36)30-8-9-32)23-18-10-16(14-33)11-22(38-2)25(18)39-26(23)24(20)35/h4-7,10-12,14,20,23-24,26,32,35H,3,8-9,13H2,1-2H3,(H,30,36). The number of aliphatic hydroxyl groups excluding tert-OH is 2. The fourth-order valence-electron chi connectivity index (χ4n) is 4.97. The number of halogens is 1. The fourth-order valence-corrected chi connectivity index (χ4v) is 5.10. The van der Waals surface area contributed by atoms with Crippen LogP contribution in [0.5, 0.6) is 11.5 Å². The molecule has 11 heteroatoms. The molecular weight excluding hydrogens is 528 g/mol. The van der Waals surface area contributed by atoms with E-state index in [0.717, 1.165) is 0 Å². The van der Waals surface area contributed by atoms with Gasteiger partial charge in [0, 0.05) is 41.2 Å². The Morgan fingerprint density at radius 1 is 1.21 bits per heavy atom. The maximum absolute atomic E-state index is 13.3. The molecule has 1 aliphatic carbocycles. The summed E-state index contributed by atoms with van der Waals surface area (Å²) in [5.41, 5.74) is 1.56. The van der Waals surface area contributed by atoms with Crippen molar-refractivity contribution in [2.75, 3.05) is 20.3 Å². The normalized spacial score (nSPS) is 21.1. The summed E-state index contributed by atoms with van der Waals surface area (Å²) in [4.78, 5) is 52.0. The number of ether oxygens (including phenoxy) is 2. The van der Waals surface area contributed by atoms with Crippen LogP contribution in [0.25, 0.3) is 0 Å². The summed E-state index contributed by atoms with van der Waals surface area (Å²) in [6, 6.07) is 8.61. The Hall–Kier alpha value is -3.73. The minimum absolute atomic E-state index is 0.0338. The average Bonchev–Trinajstić information content (AvgIpc) is 3.34. The van der Waals surface area contributed by atoms with E-state index >= 15 is 0 Å². The highest BCUT2D eigenvalue weighted by molar-refractivity contribution is 6.36. The van der Waals surface area contributed by atoms with Crippen LogP contribution in [-0.4, -0.2) is 77.5 Å². The Morgan fingerprint density at radius 2 is 1.92 bits per heavy atom. The van der Waals surface area contributed by atoms with E-state index in [9.17, 15) is 29.4 Å². The Labute approximate surface area is 230 Å². The monoisotopic (exact) mass is 556 g/mol. The number of nitrogens with one attached hydrogen (secondary N) is 1. The molecule has 2 aliphatic rings. The highest BCUT2D eigenvalue weighted by atomic mass is 35.5. The number of amides is 2. The van der Waals surface area contributed by atoms with Crippen LogP contribution in [-0.2, 0) is 20.9 Å².